The molecule has 0 atom stereocenters. The molecule has 0 N–H and O–H groups in total. The Labute approximate surface area is 160 Å². The van der Waals surface area contributed by atoms with Crippen LogP contribution in [0.2, 0.25) is 0 Å². The molecule has 0 aliphatic rings. The maximum absolute atomic E-state index is 12.2. The normalized spacial score (nSPS) is 10.7. The van der Waals surface area contributed by atoms with Crippen molar-refractivity contribution in [2.24, 2.45) is 0 Å². The van der Waals surface area contributed by atoms with Crippen molar-refractivity contribution < 1.29 is 14.3 Å². The van der Waals surface area contributed by atoms with E-state index in [0.717, 1.165) is 37.0 Å². The average molecular weight is 363 g/mol. The second-order valence-corrected chi connectivity index (χ2v) is 6.94. The van der Waals surface area contributed by atoms with Crippen LogP contribution in [0.3, 0.4) is 0 Å². The molecule has 0 unspecified atom stereocenters. The number of unbranched alkanes of at least 4 members (excludes halogenated alkanes) is 8. The van der Waals surface area contributed by atoms with Gasteiger partial charge >= 0.3 is 5.97 Å². The van der Waals surface area contributed by atoms with E-state index in [9.17, 15) is 4.79 Å². The van der Waals surface area contributed by atoms with Crippen LogP contribution in [0.4, 0.5) is 0 Å². The van der Waals surface area contributed by atoms with Crippen LogP contribution >= 0.6 is 0 Å². The number of benzene rings is 1. The number of hydrogen-bond donors (Lipinski definition) is 0. The molecular formula is C23H38O3. The molecule has 26 heavy (non-hydrogen) atoms. The van der Waals surface area contributed by atoms with Crippen molar-refractivity contribution in [3.05, 3.63) is 29.3 Å². The van der Waals surface area contributed by atoms with Gasteiger partial charge in [0.25, 0.3) is 0 Å². The Morgan fingerprint density at radius 1 is 0.846 bits per heavy atom. The van der Waals surface area contributed by atoms with E-state index >= 15 is 0 Å². The first-order chi connectivity index (χ1) is 12.7. The number of esters is 1. The number of carbonyl (C=O) groups is 1. The van der Waals surface area contributed by atoms with Gasteiger partial charge in [-0.2, -0.15) is 0 Å². The molecule has 0 aromatic heterocycles. The fraction of sp³-hybridized carbons (Fsp3) is 0.696. The van der Waals surface area contributed by atoms with Crippen molar-refractivity contribution in [1.29, 1.82) is 0 Å². The van der Waals surface area contributed by atoms with E-state index in [-0.39, 0.29) is 5.97 Å². The molecule has 0 bridgehead atoms. The number of carbonyl (C=O) groups excluding carboxylic acids is 1. The predicted octanol–water partition coefficient (Wildman–Crippen LogP) is 6.73. The fourth-order valence-corrected chi connectivity index (χ4v) is 3.10. The quantitative estimate of drug-likeness (QED) is 0.256. The smallest absolute Gasteiger partial charge is 0.341 e. The van der Waals surface area contributed by atoms with Crippen LogP contribution in [-0.4, -0.2) is 19.2 Å². The Balaban J connectivity index is 2.52. The summed E-state index contributed by atoms with van der Waals surface area (Å²) in [6, 6.07) is 5.82. The van der Waals surface area contributed by atoms with E-state index in [0.29, 0.717) is 18.8 Å². The van der Waals surface area contributed by atoms with Gasteiger partial charge in [0, 0.05) is 0 Å². The van der Waals surface area contributed by atoms with E-state index in [1.807, 2.05) is 19.1 Å². The van der Waals surface area contributed by atoms with Crippen LogP contribution in [0.15, 0.2) is 18.2 Å². The lowest BCUT2D eigenvalue weighted by Gasteiger charge is -2.15. The fourth-order valence-electron chi connectivity index (χ4n) is 3.10. The lowest BCUT2D eigenvalue weighted by molar-refractivity contribution is 0.0521. The molecule has 0 spiro atoms. The highest BCUT2D eigenvalue weighted by molar-refractivity contribution is 5.93. The third-order valence-corrected chi connectivity index (χ3v) is 4.64. The Bertz CT molecular complexity index is 496. The lowest BCUT2D eigenvalue weighted by Crippen LogP contribution is -2.10. The van der Waals surface area contributed by atoms with E-state index in [1.165, 1.54) is 44.9 Å². The van der Waals surface area contributed by atoms with Gasteiger partial charge in [-0.1, -0.05) is 77.3 Å². The molecule has 0 fully saturated rings. The number of hydrogen-bond acceptors (Lipinski definition) is 3. The third-order valence-electron chi connectivity index (χ3n) is 4.64. The summed E-state index contributed by atoms with van der Waals surface area (Å²) in [4.78, 5) is 12.2. The van der Waals surface area contributed by atoms with Gasteiger partial charge in [-0.05, 0) is 37.8 Å². The minimum atomic E-state index is -0.281. The molecule has 0 amide bonds. The molecule has 1 aromatic rings. The third kappa shape index (κ3) is 8.73. The molecule has 0 heterocycles. The van der Waals surface area contributed by atoms with Crippen molar-refractivity contribution in [2.45, 2.75) is 91.4 Å². The number of para-hydroxylation sites is 1. The highest BCUT2D eigenvalue weighted by atomic mass is 16.5. The summed E-state index contributed by atoms with van der Waals surface area (Å²) in [5.74, 6) is 0.458. The molecule has 3 heteroatoms. The summed E-state index contributed by atoms with van der Waals surface area (Å²) in [6.45, 7) is 7.32. The Kier molecular flexibility index (Phi) is 12.7. The van der Waals surface area contributed by atoms with Gasteiger partial charge in [-0.25, -0.2) is 4.79 Å². The zero-order valence-corrected chi connectivity index (χ0v) is 17.1. The molecule has 0 aliphatic heterocycles. The van der Waals surface area contributed by atoms with Gasteiger partial charge in [0.1, 0.15) is 11.3 Å². The molecule has 0 radical (unpaired) electrons. The Morgan fingerprint density at radius 3 is 2.15 bits per heavy atom. The maximum atomic E-state index is 12.2. The maximum Gasteiger partial charge on any atom is 0.341 e. The van der Waals surface area contributed by atoms with Crippen LogP contribution in [0.5, 0.6) is 5.75 Å². The van der Waals surface area contributed by atoms with Gasteiger partial charge in [0.2, 0.25) is 0 Å². The van der Waals surface area contributed by atoms with Gasteiger partial charge < -0.3 is 9.47 Å². The van der Waals surface area contributed by atoms with Crippen molar-refractivity contribution in [2.75, 3.05) is 13.2 Å². The van der Waals surface area contributed by atoms with Crippen LogP contribution in [-0.2, 0) is 11.2 Å². The molecule has 0 saturated heterocycles. The highest BCUT2D eigenvalue weighted by Gasteiger charge is 2.17. The first-order valence-electron chi connectivity index (χ1n) is 10.7. The number of ether oxygens (including phenoxy) is 2. The van der Waals surface area contributed by atoms with E-state index in [1.54, 1.807) is 0 Å². The van der Waals surface area contributed by atoms with Crippen LogP contribution in [0, 0.1) is 0 Å². The summed E-state index contributed by atoms with van der Waals surface area (Å²) in [5, 5.41) is 0. The van der Waals surface area contributed by atoms with E-state index in [4.69, 9.17) is 9.47 Å². The zero-order chi connectivity index (χ0) is 19.0. The minimum Gasteiger partial charge on any atom is -0.492 e. The average Bonchev–Trinajstić information content (AvgIpc) is 2.65. The Hall–Kier alpha value is -1.51. The number of aryl methyl sites for hydroxylation is 1. The lowest BCUT2D eigenvalue weighted by atomic mass is 10.0. The summed E-state index contributed by atoms with van der Waals surface area (Å²) in [5.41, 5.74) is 1.69. The topological polar surface area (TPSA) is 35.5 Å². The predicted molar refractivity (Wildman–Crippen MR) is 109 cm³/mol. The van der Waals surface area contributed by atoms with Gasteiger partial charge in [-0.15, -0.1) is 0 Å². The molecule has 1 aromatic carbocycles. The van der Waals surface area contributed by atoms with Crippen LogP contribution in [0.1, 0.15) is 101 Å². The largest absolute Gasteiger partial charge is 0.492 e. The summed E-state index contributed by atoms with van der Waals surface area (Å²) < 4.78 is 11.3. The number of rotatable bonds is 15. The van der Waals surface area contributed by atoms with Gasteiger partial charge in [-0.3, -0.25) is 0 Å². The van der Waals surface area contributed by atoms with Crippen molar-refractivity contribution >= 4 is 5.97 Å². The van der Waals surface area contributed by atoms with E-state index < -0.39 is 0 Å². The summed E-state index contributed by atoms with van der Waals surface area (Å²) in [6.07, 6.45) is 13.4. The highest BCUT2D eigenvalue weighted by Crippen LogP contribution is 2.27. The SMILES string of the molecule is CCCCCCCCCCOc1c(CCCC)cccc1C(=O)OCC. The van der Waals surface area contributed by atoms with Gasteiger partial charge in [0.15, 0.2) is 0 Å². The monoisotopic (exact) mass is 362 g/mol. The molecule has 0 aliphatic carbocycles. The Morgan fingerprint density at radius 2 is 1.50 bits per heavy atom. The van der Waals surface area contributed by atoms with Crippen LogP contribution in [0.25, 0.3) is 0 Å². The zero-order valence-electron chi connectivity index (χ0n) is 17.1. The molecular weight excluding hydrogens is 324 g/mol. The molecule has 1 rings (SSSR count). The van der Waals surface area contributed by atoms with Crippen molar-refractivity contribution in [3.8, 4) is 5.75 Å². The second kappa shape index (κ2) is 14.6. The first-order valence-corrected chi connectivity index (χ1v) is 10.7. The van der Waals surface area contributed by atoms with E-state index in [2.05, 4.69) is 19.9 Å². The molecule has 0 saturated carbocycles. The van der Waals surface area contributed by atoms with Crippen molar-refractivity contribution in [3.63, 3.8) is 0 Å². The molecule has 3 nitrogen and oxygen atoms in total. The second-order valence-electron chi connectivity index (χ2n) is 6.94. The van der Waals surface area contributed by atoms with Crippen LogP contribution < -0.4 is 4.74 Å². The van der Waals surface area contributed by atoms with Crippen molar-refractivity contribution in [1.82, 2.24) is 0 Å². The minimum absolute atomic E-state index is 0.281. The van der Waals surface area contributed by atoms with Gasteiger partial charge in [0.05, 0.1) is 13.2 Å². The summed E-state index contributed by atoms with van der Waals surface area (Å²) in [7, 11) is 0. The first kappa shape index (κ1) is 22.5. The summed E-state index contributed by atoms with van der Waals surface area (Å²) >= 11 is 0. The standard InChI is InChI=1S/C23H38O3/c1-4-7-9-10-11-12-13-14-19-26-22-20(16-8-5-2)17-15-18-21(22)23(24)25-6-3/h15,17-18H,4-14,16,19H2,1-3H3. The molecule has 148 valence electrons.